The Morgan fingerprint density at radius 2 is 1.60 bits per heavy atom. The molecule has 5 nitrogen and oxygen atoms in total. The van der Waals surface area contributed by atoms with Crippen molar-refractivity contribution in [2.75, 3.05) is 0 Å². The van der Waals surface area contributed by atoms with E-state index in [1.807, 2.05) is 28.8 Å². The minimum absolute atomic E-state index is 0.0755. The third-order valence-corrected chi connectivity index (χ3v) is 5.31. The number of ketones is 1. The number of nitrogens with zero attached hydrogens (tertiary/aromatic N) is 2. The van der Waals surface area contributed by atoms with Gasteiger partial charge in [0, 0.05) is 10.6 Å². The number of halogens is 2. The van der Waals surface area contributed by atoms with E-state index in [2.05, 4.69) is 10.3 Å². The molecular formula is C23H17Cl2N3O2. The highest BCUT2D eigenvalue weighted by atomic mass is 35.5. The lowest BCUT2D eigenvalue weighted by atomic mass is 10.1. The third kappa shape index (κ3) is 4.22. The highest BCUT2D eigenvalue weighted by molar-refractivity contribution is 6.33. The Balaban J connectivity index is 1.60. The smallest absolute Gasteiger partial charge is 0.253 e. The SMILES string of the molecule is O=C(Cn1c(CNC(=O)c2ccccc2Cl)nc2ccccc21)c1ccc(Cl)cc1. The van der Waals surface area contributed by atoms with Gasteiger partial charge < -0.3 is 9.88 Å². The predicted octanol–water partition coefficient (Wildman–Crippen LogP) is 5.16. The molecule has 0 aliphatic carbocycles. The monoisotopic (exact) mass is 437 g/mol. The van der Waals surface area contributed by atoms with Crippen LogP contribution in [0, 0.1) is 0 Å². The first-order valence-corrected chi connectivity index (χ1v) is 10.0. The van der Waals surface area contributed by atoms with E-state index in [0.29, 0.717) is 27.0 Å². The van der Waals surface area contributed by atoms with Crippen molar-refractivity contribution in [2.24, 2.45) is 0 Å². The van der Waals surface area contributed by atoms with Crippen LogP contribution in [0.4, 0.5) is 0 Å². The Labute approximate surface area is 183 Å². The summed E-state index contributed by atoms with van der Waals surface area (Å²) in [5.74, 6) is 0.204. The summed E-state index contributed by atoms with van der Waals surface area (Å²) >= 11 is 12.0. The second-order valence-corrected chi connectivity index (χ2v) is 7.54. The highest BCUT2D eigenvalue weighted by Gasteiger charge is 2.16. The zero-order chi connectivity index (χ0) is 21.1. The number of amides is 1. The van der Waals surface area contributed by atoms with E-state index in [9.17, 15) is 9.59 Å². The van der Waals surface area contributed by atoms with Crippen LogP contribution in [-0.4, -0.2) is 21.2 Å². The number of benzene rings is 3. The van der Waals surface area contributed by atoms with Crippen molar-refractivity contribution in [1.29, 1.82) is 0 Å². The summed E-state index contributed by atoms with van der Waals surface area (Å²) in [5.41, 5.74) is 2.52. The molecule has 0 saturated heterocycles. The van der Waals surface area contributed by atoms with Crippen molar-refractivity contribution < 1.29 is 9.59 Å². The van der Waals surface area contributed by atoms with Gasteiger partial charge in [-0.1, -0.05) is 47.5 Å². The second-order valence-electron chi connectivity index (χ2n) is 6.70. The van der Waals surface area contributed by atoms with E-state index in [1.165, 1.54) is 0 Å². The predicted molar refractivity (Wildman–Crippen MR) is 118 cm³/mol. The van der Waals surface area contributed by atoms with Gasteiger partial charge in [0.25, 0.3) is 5.91 Å². The van der Waals surface area contributed by atoms with Gasteiger partial charge in [-0.15, -0.1) is 0 Å². The van der Waals surface area contributed by atoms with E-state index in [0.717, 1.165) is 11.0 Å². The first kappa shape index (κ1) is 20.1. The van der Waals surface area contributed by atoms with Gasteiger partial charge in [-0.25, -0.2) is 4.98 Å². The Bertz CT molecular complexity index is 1230. The number of nitrogens with one attached hydrogen (secondary N) is 1. The lowest BCUT2D eigenvalue weighted by Crippen LogP contribution is -2.25. The molecule has 0 unspecified atom stereocenters. The molecule has 0 aliphatic rings. The number of imidazole rings is 1. The Morgan fingerprint density at radius 3 is 2.37 bits per heavy atom. The second kappa shape index (κ2) is 8.69. The number of para-hydroxylation sites is 2. The van der Waals surface area contributed by atoms with Crippen LogP contribution in [0.5, 0.6) is 0 Å². The number of hydrogen-bond donors (Lipinski definition) is 1. The molecule has 0 fully saturated rings. The van der Waals surface area contributed by atoms with Gasteiger partial charge in [0.1, 0.15) is 5.82 Å². The van der Waals surface area contributed by atoms with Crippen molar-refractivity contribution >= 4 is 45.9 Å². The number of rotatable bonds is 6. The van der Waals surface area contributed by atoms with E-state index < -0.39 is 0 Å². The summed E-state index contributed by atoms with van der Waals surface area (Å²) < 4.78 is 1.82. The molecule has 1 amide bonds. The summed E-state index contributed by atoms with van der Waals surface area (Å²) in [7, 11) is 0. The van der Waals surface area contributed by atoms with Gasteiger partial charge in [0.05, 0.1) is 34.7 Å². The summed E-state index contributed by atoms with van der Waals surface area (Å²) in [6.45, 7) is 0.256. The van der Waals surface area contributed by atoms with E-state index in [4.69, 9.17) is 23.2 Å². The summed E-state index contributed by atoms with van der Waals surface area (Å²) in [4.78, 5) is 30.0. The molecule has 7 heteroatoms. The van der Waals surface area contributed by atoms with Gasteiger partial charge in [-0.3, -0.25) is 9.59 Å². The van der Waals surface area contributed by atoms with Gasteiger partial charge in [-0.2, -0.15) is 0 Å². The lowest BCUT2D eigenvalue weighted by molar-refractivity contribution is 0.0949. The fraction of sp³-hybridized carbons (Fsp3) is 0.0870. The fourth-order valence-electron chi connectivity index (χ4n) is 3.21. The van der Waals surface area contributed by atoms with E-state index >= 15 is 0 Å². The maximum absolute atomic E-state index is 12.8. The maximum Gasteiger partial charge on any atom is 0.253 e. The molecule has 0 radical (unpaired) electrons. The van der Waals surface area contributed by atoms with Crippen molar-refractivity contribution in [3.05, 3.63) is 99.8 Å². The van der Waals surface area contributed by atoms with Crippen molar-refractivity contribution in [2.45, 2.75) is 13.1 Å². The molecule has 0 atom stereocenters. The number of carbonyl (C=O) groups excluding carboxylic acids is 2. The number of hydrogen-bond acceptors (Lipinski definition) is 3. The average molecular weight is 438 g/mol. The molecule has 0 aliphatic heterocycles. The maximum atomic E-state index is 12.8. The first-order chi connectivity index (χ1) is 14.5. The minimum atomic E-state index is -0.303. The van der Waals surface area contributed by atoms with Crippen LogP contribution in [0.2, 0.25) is 10.0 Å². The number of carbonyl (C=O) groups is 2. The molecule has 0 saturated carbocycles. The molecule has 4 rings (SSSR count). The molecule has 0 spiro atoms. The summed E-state index contributed by atoms with van der Waals surface area (Å²) in [5, 5.41) is 3.79. The normalized spacial score (nSPS) is 10.9. The number of fused-ring (bicyclic) bond motifs is 1. The minimum Gasteiger partial charge on any atom is -0.345 e. The average Bonchev–Trinajstić information content (AvgIpc) is 3.10. The van der Waals surface area contributed by atoms with Crippen LogP contribution in [0.25, 0.3) is 11.0 Å². The van der Waals surface area contributed by atoms with Gasteiger partial charge in [0.2, 0.25) is 0 Å². The molecule has 1 aromatic heterocycles. The zero-order valence-corrected chi connectivity index (χ0v) is 17.3. The van der Waals surface area contributed by atoms with Crippen molar-refractivity contribution in [3.63, 3.8) is 0 Å². The van der Waals surface area contributed by atoms with Crippen LogP contribution in [-0.2, 0) is 13.1 Å². The van der Waals surface area contributed by atoms with Crippen LogP contribution >= 0.6 is 23.2 Å². The first-order valence-electron chi connectivity index (χ1n) is 9.28. The topological polar surface area (TPSA) is 64.0 Å². The van der Waals surface area contributed by atoms with Gasteiger partial charge in [-0.05, 0) is 48.5 Å². The standard InChI is InChI=1S/C23H17Cl2N3O2/c24-16-11-9-15(10-12-16)21(29)14-28-20-8-4-3-7-19(20)27-22(28)13-26-23(30)17-5-1-2-6-18(17)25/h1-12H,13-14H2,(H,26,30). The summed E-state index contributed by atoms with van der Waals surface area (Å²) in [6.07, 6.45) is 0. The van der Waals surface area contributed by atoms with Gasteiger partial charge in [0.15, 0.2) is 5.78 Å². The highest BCUT2D eigenvalue weighted by Crippen LogP contribution is 2.19. The lowest BCUT2D eigenvalue weighted by Gasteiger charge is -2.10. The number of aromatic nitrogens is 2. The van der Waals surface area contributed by atoms with Crippen LogP contribution in [0.15, 0.2) is 72.8 Å². The van der Waals surface area contributed by atoms with E-state index in [1.54, 1.807) is 48.5 Å². The molecule has 3 aromatic carbocycles. The Kier molecular flexibility index (Phi) is 5.84. The quantitative estimate of drug-likeness (QED) is 0.423. The number of Topliss-reactive ketones (excluding diaryl/α,β-unsaturated/α-hetero) is 1. The molecule has 1 N–H and O–H groups in total. The molecule has 30 heavy (non-hydrogen) atoms. The van der Waals surface area contributed by atoms with Crippen LogP contribution in [0.1, 0.15) is 26.5 Å². The zero-order valence-electron chi connectivity index (χ0n) is 15.8. The molecule has 1 heterocycles. The summed E-state index contributed by atoms with van der Waals surface area (Å²) in [6, 6.07) is 21.1. The third-order valence-electron chi connectivity index (χ3n) is 4.73. The fourth-order valence-corrected chi connectivity index (χ4v) is 3.55. The molecule has 0 bridgehead atoms. The molecule has 4 aromatic rings. The Morgan fingerprint density at radius 1 is 0.900 bits per heavy atom. The van der Waals surface area contributed by atoms with Gasteiger partial charge >= 0.3 is 0 Å². The molecule has 150 valence electrons. The Hall–Kier alpha value is -3.15. The van der Waals surface area contributed by atoms with Crippen molar-refractivity contribution in [1.82, 2.24) is 14.9 Å². The van der Waals surface area contributed by atoms with E-state index in [-0.39, 0.29) is 24.8 Å². The van der Waals surface area contributed by atoms with Crippen molar-refractivity contribution in [3.8, 4) is 0 Å². The molecular weight excluding hydrogens is 421 g/mol. The van der Waals surface area contributed by atoms with Crippen LogP contribution < -0.4 is 5.32 Å². The van der Waals surface area contributed by atoms with Crippen LogP contribution in [0.3, 0.4) is 0 Å². The largest absolute Gasteiger partial charge is 0.345 e.